The molecule has 0 bridgehead atoms. The largest absolute Gasteiger partial charge is 0.748 e. The lowest BCUT2D eigenvalue weighted by atomic mass is 10.1. The summed E-state index contributed by atoms with van der Waals surface area (Å²) >= 11 is 0. The monoisotopic (exact) mass is 221 g/mol. The molecule has 0 aromatic heterocycles. The van der Waals surface area contributed by atoms with Crippen molar-refractivity contribution in [2.24, 2.45) is 0 Å². The van der Waals surface area contributed by atoms with Gasteiger partial charge >= 0.3 is 0 Å². The molecule has 3 nitrogen and oxygen atoms in total. The summed E-state index contributed by atoms with van der Waals surface area (Å²) in [6, 6.07) is 0. The number of hydrogen-bond donors (Lipinski definition) is 0. The van der Waals surface area contributed by atoms with E-state index in [-0.39, 0.29) is 5.75 Å². The van der Waals surface area contributed by atoms with Crippen LogP contribution in [0.4, 0.5) is 0 Å². The van der Waals surface area contributed by atoms with Gasteiger partial charge in [-0.1, -0.05) is 51.9 Å². The molecule has 0 aromatic rings. The second kappa shape index (κ2) is 8.24. The Kier molecular flexibility index (Phi) is 8.18. The predicted octanol–water partition coefficient (Wildman–Crippen LogP) is 2.67. The van der Waals surface area contributed by atoms with E-state index in [1.807, 2.05) is 0 Å². The van der Waals surface area contributed by atoms with Crippen molar-refractivity contribution in [3.63, 3.8) is 0 Å². The number of unbranched alkanes of at least 4 members (excludes halogenated alkanes) is 7. The maximum atomic E-state index is 10.2. The van der Waals surface area contributed by atoms with Crippen molar-refractivity contribution in [2.45, 2.75) is 58.3 Å². The van der Waals surface area contributed by atoms with Gasteiger partial charge in [0.05, 0.1) is 10.1 Å². The molecule has 0 fully saturated rings. The normalized spacial score (nSPS) is 11.9. The third-order valence-electron chi connectivity index (χ3n) is 2.25. The average Bonchev–Trinajstić information content (AvgIpc) is 2.08. The molecule has 0 aliphatic carbocycles. The highest BCUT2D eigenvalue weighted by Crippen LogP contribution is 2.08. The van der Waals surface area contributed by atoms with Crippen molar-refractivity contribution in [2.75, 3.05) is 5.75 Å². The fourth-order valence-electron chi connectivity index (χ4n) is 1.41. The van der Waals surface area contributed by atoms with Crippen LogP contribution in [-0.4, -0.2) is 18.7 Å². The lowest BCUT2D eigenvalue weighted by molar-refractivity contribution is 0.459. The molecule has 0 unspecified atom stereocenters. The van der Waals surface area contributed by atoms with Crippen molar-refractivity contribution in [3.05, 3.63) is 0 Å². The van der Waals surface area contributed by atoms with Gasteiger partial charge in [0.1, 0.15) is 0 Å². The summed E-state index contributed by atoms with van der Waals surface area (Å²) in [5.41, 5.74) is 0. The molecule has 0 rings (SSSR count). The Labute approximate surface area is 87.7 Å². The standard InChI is InChI=1S/C10H22O3S/c1-2-3-4-5-6-7-8-9-10-14(11,12)13/h2-10H2,1H3,(H,11,12,13)/p-1. The molecule has 0 aliphatic heterocycles. The molecular formula is C10H21O3S-. The van der Waals surface area contributed by atoms with Crippen molar-refractivity contribution in [3.8, 4) is 0 Å². The van der Waals surface area contributed by atoms with E-state index in [2.05, 4.69) is 6.92 Å². The molecule has 0 aromatic carbocycles. The van der Waals surface area contributed by atoms with Crippen LogP contribution in [0.1, 0.15) is 58.3 Å². The molecule has 0 saturated heterocycles. The Morgan fingerprint density at radius 2 is 1.29 bits per heavy atom. The van der Waals surface area contributed by atoms with E-state index >= 15 is 0 Å². The van der Waals surface area contributed by atoms with E-state index < -0.39 is 10.1 Å². The highest BCUT2D eigenvalue weighted by molar-refractivity contribution is 7.85. The van der Waals surface area contributed by atoms with Gasteiger partial charge in [-0.2, -0.15) is 0 Å². The van der Waals surface area contributed by atoms with Crippen molar-refractivity contribution in [1.29, 1.82) is 0 Å². The van der Waals surface area contributed by atoms with Crippen LogP contribution in [0.2, 0.25) is 0 Å². The first-order valence-corrected chi connectivity index (χ1v) is 7.07. The summed E-state index contributed by atoms with van der Waals surface area (Å²) in [6.07, 6.45) is 8.66. The smallest absolute Gasteiger partial charge is 0.0945 e. The molecule has 0 atom stereocenters. The van der Waals surface area contributed by atoms with Crippen LogP contribution in [0, 0.1) is 0 Å². The first kappa shape index (κ1) is 13.9. The molecule has 0 N–H and O–H groups in total. The van der Waals surface area contributed by atoms with Gasteiger partial charge in [-0.3, -0.25) is 0 Å². The van der Waals surface area contributed by atoms with Crippen LogP contribution in [0.3, 0.4) is 0 Å². The minimum atomic E-state index is -3.98. The number of rotatable bonds is 9. The first-order valence-electron chi connectivity index (χ1n) is 5.50. The van der Waals surface area contributed by atoms with Gasteiger partial charge in [-0.15, -0.1) is 0 Å². The van der Waals surface area contributed by atoms with Crippen LogP contribution < -0.4 is 0 Å². The van der Waals surface area contributed by atoms with Crippen LogP contribution in [-0.2, 0) is 10.1 Å². The summed E-state index contributed by atoms with van der Waals surface area (Å²) in [5, 5.41) is 0. The third-order valence-corrected chi connectivity index (χ3v) is 3.04. The highest BCUT2D eigenvalue weighted by atomic mass is 32.2. The topological polar surface area (TPSA) is 57.2 Å². The van der Waals surface area contributed by atoms with Gasteiger partial charge in [0.2, 0.25) is 0 Å². The van der Waals surface area contributed by atoms with Gasteiger partial charge in [0, 0.05) is 5.75 Å². The van der Waals surface area contributed by atoms with E-state index in [9.17, 15) is 13.0 Å². The zero-order valence-electron chi connectivity index (χ0n) is 9.00. The van der Waals surface area contributed by atoms with Crippen LogP contribution in [0.5, 0.6) is 0 Å². The fourth-order valence-corrected chi connectivity index (χ4v) is 1.97. The highest BCUT2D eigenvalue weighted by Gasteiger charge is 1.95. The Morgan fingerprint density at radius 1 is 0.857 bits per heavy atom. The fraction of sp³-hybridized carbons (Fsp3) is 1.00. The minimum Gasteiger partial charge on any atom is -0.748 e. The Morgan fingerprint density at radius 3 is 1.71 bits per heavy atom. The Hall–Kier alpha value is -0.0900. The molecule has 4 heteroatoms. The van der Waals surface area contributed by atoms with Crippen molar-refractivity contribution < 1.29 is 13.0 Å². The average molecular weight is 221 g/mol. The maximum absolute atomic E-state index is 10.2. The lowest BCUT2D eigenvalue weighted by Crippen LogP contribution is -2.03. The van der Waals surface area contributed by atoms with Crippen molar-refractivity contribution >= 4 is 10.1 Å². The molecule has 0 spiro atoms. The summed E-state index contributed by atoms with van der Waals surface area (Å²) in [7, 11) is -3.98. The molecule has 0 aliphatic rings. The van der Waals surface area contributed by atoms with Crippen LogP contribution in [0.25, 0.3) is 0 Å². The molecule has 0 radical (unpaired) electrons. The van der Waals surface area contributed by atoms with Crippen LogP contribution >= 0.6 is 0 Å². The third kappa shape index (κ3) is 11.9. The molecule has 0 amide bonds. The Balaban J connectivity index is 3.07. The lowest BCUT2D eigenvalue weighted by Gasteiger charge is -2.05. The predicted molar refractivity (Wildman–Crippen MR) is 57.2 cm³/mol. The number of hydrogen-bond acceptors (Lipinski definition) is 3. The van der Waals surface area contributed by atoms with Crippen LogP contribution in [0.15, 0.2) is 0 Å². The second-order valence-corrected chi connectivity index (χ2v) is 5.26. The molecule has 0 saturated carbocycles. The molecule has 86 valence electrons. The van der Waals surface area contributed by atoms with E-state index in [1.165, 1.54) is 32.1 Å². The molecule has 14 heavy (non-hydrogen) atoms. The van der Waals surface area contributed by atoms with Gasteiger partial charge in [-0.05, 0) is 6.42 Å². The zero-order chi connectivity index (χ0) is 10.9. The molecule has 0 heterocycles. The quantitative estimate of drug-likeness (QED) is 0.444. The van der Waals surface area contributed by atoms with Gasteiger partial charge in [0.25, 0.3) is 0 Å². The van der Waals surface area contributed by atoms with E-state index in [0.29, 0.717) is 6.42 Å². The van der Waals surface area contributed by atoms with Gasteiger partial charge in [-0.25, -0.2) is 8.42 Å². The summed E-state index contributed by atoms with van der Waals surface area (Å²) in [6.45, 7) is 2.18. The SMILES string of the molecule is CCCCCCCCCCS(=O)(=O)[O-]. The van der Waals surface area contributed by atoms with E-state index in [4.69, 9.17) is 0 Å². The van der Waals surface area contributed by atoms with E-state index in [0.717, 1.165) is 12.8 Å². The van der Waals surface area contributed by atoms with E-state index in [1.54, 1.807) is 0 Å². The van der Waals surface area contributed by atoms with Crippen molar-refractivity contribution in [1.82, 2.24) is 0 Å². The zero-order valence-corrected chi connectivity index (χ0v) is 9.81. The maximum Gasteiger partial charge on any atom is 0.0945 e. The minimum absolute atomic E-state index is 0.193. The first-order chi connectivity index (χ1) is 6.56. The van der Waals surface area contributed by atoms with Gasteiger partial charge < -0.3 is 4.55 Å². The second-order valence-electron chi connectivity index (χ2n) is 3.74. The summed E-state index contributed by atoms with van der Waals surface area (Å²) in [4.78, 5) is 0. The Bertz CT molecular complexity index is 209. The summed E-state index contributed by atoms with van der Waals surface area (Å²) < 4.78 is 30.7. The summed E-state index contributed by atoms with van der Waals surface area (Å²) in [5.74, 6) is -0.193. The molecular weight excluding hydrogens is 200 g/mol. The van der Waals surface area contributed by atoms with Gasteiger partial charge in [0.15, 0.2) is 0 Å².